The van der Waals surface area contributed by atoms with E-state index in [1.165, 1.54) is 0 Å². The lowest BCUT2D eigenvalue weighted by molar-refractivity contribution is -0.147. The Kier molecular flexibility index (Phi) is 10.9. The van der Waals surface area contributed by atoms with Crippen LogP contribution in [-0.4, -0.2) is 75.6 Å². The number of aliphatic carboxylic acids is 3. The zero-order valence-electron chi connectivity index (χ0n) is 16.0. The average Bonchev–Trinajstić information content (AvgIpc) is 2.60. The first-order valence-corrected chi connectivity index (χ1v) is 8.65. The monoisotopic (exact) mass is 418 g/mol. The van der Waals surface area contributed by atoms with Gasteiger partial charge in [0.25, 0.3) is 0 Å². The van der Waals surface area contributed by atoms with Crippen molar-refractivity contribution in [2.24, 2.45) is 11.7 Å². The Labute approximate surface area is 166 Å². The molecule has 0 radical (unpaired) electrons. The lowest BCUT2D eigenvalue weighted by atomic mass is 10.0. The highest BCUT2D eigenvalue weighted by atomic mass is 16.4. The van der Waals surface area contributed by atoms with Crippen molar-refractivity contribution in [2.75, 3.05) is 6.54 Å². The Morgan fingerprint density at radius 1 is 0.828 bits per heavy atom. The van der Waals surface area contributed by atoms with Crippen LogP contribution in [0.2, 0.25) is 0 Å². The molecule has 0 aromatic heterocycles. The van der Waals surface area contributed by atoms with Gasteiger partial charge in [0, 0.05) is 6.42 Å². The van der Waals surface area contributed by atoms with Crippen molar-refractivity contribution in [3.8, 4) is 0 Å². The van der Waals surface area contributed by atoms with Gasteiger partial charge in [-0.3, -0.25) is 24.0 Å². The molecule has 0 fully saturated rings. The molecule has 3 atom stereocenters. The van der Waals surface area contributed by atoms with E-state index in [1.54, 1.807) is 13.8 Å². The van der Waals surface area contributed by atoms with Gasteiger partial charge in [-0.2, -0.15) is 0 Å². The summed E-state index contributed by atoms with van der Waals surface area (Å²) in [7, 11) is 0. The highest BCUT2D eigenvalue weighted by Crippen LogP contribution is 2.06. The van der Waals surface area contributed by atoms with E-state index in [0.29, 0.717) is 0 Å². The van der Waals surface area contributed by atoms with Crippen LogP contribution in [0.25, 0.3) is 0 Å². The Bertz CT molecular complexity index is 650. The molecule has 0 aliphatic rings. The van der Waals surface area contributed by atoms with Gasteiger partial charge >= 0.3 is 17.9 Å². The van der Waals surface area contributed by atoms with Crippen LogP contribution in [-0.2, 0) is 28.8 Å². The van der Waals surface area contributed by atoms with E-state index in [-0.39, 0.29) is 13.0 Å². The molecule has 0 spiro atoms. The summed E-state index contributed by atoms with van der Waals surface area (Å²) in [4.78, 5) is 69.0. The lowest BCUT2D eigenvalue weighted by Crippen LogP contribution is -2.57. The number of carbonyl (C=O) groups is 6. The van der Waals surface area contributed by atoms with Gasteiger partial charge in [0.2, 0.25) is 17.7 Å². The number of carbonyl (C=O) groups excluding carboxylic acids is 3. The minimum Gasteiger partial charge on any atom is -0.481 e. The predicted molar refractivity (Wildman–Crippen MR) is 96.4 cm³/mol. The van der Waals surface area contributed by atoms with Crippen molar-refractivity contribution < 1.29 is 44.1 Å². The van der Waals surface area contributed by atoms with E-state index < -0.39 is 72.5 Å². The second-order valence-electron chi connectivity index (χ2n) is 6.48. The molecule has 0 aromatic carbocycles. The van der Waals surface area contributed by atoms with Crippen LogP contribution >= 0.6 is 0 Å². The standard InChI is InChI=1S/C16H26N4O9/c1-7(2)13(20-10(21)6-17)15(27)18-8(3-4-11(22)23)14(26)19-9(16(28)29)5-12(24)25/h7-9,13H,3-6,17H2,1-2H3,(H,18,27)(H,19,26)(H,20,21)(H,22,23)(H,24,25)(H,28,29). The molecule has 0 rings (SSSR count). The molecule has 0 saturated carbocycles. The van der Waals surface area contributed by atoms with Crippen molar-refractivity contribution in [3.63, 3.8) is 0 Å². The highest BCUT2D eigenvalue weighted by molar-refractivity contribution is 5.94. The molecule has 0 aromatic rings. The Balaban J connectivity index is 5.41. The summed E-state index contributed by atoms with van der Waals surface area (Å²) in [6.07, 6.45) is -1.83. The van der Waals surface area contributed by atoms with E-state index in [2.05, 4.69) is 10.6 Å². The molecule has 0 bridgehead atoms. The van der Waals surface area contributed by atoms with Crippen LogP contribution < -0.4 is 21.7 Å². The van der Waals surface area contributed by atoms with Gasteiger partial charge in [0.1, 0.15) is 18.1 Å². The van der Waals surface area contributed by atoms with Gasteiger partial charge in [0.05, 0.1) is 13.0 Å². The number of rotatable bonds is 13. The second kappa shape index (κ2) is 12.3. The maximum atomic E-state index is 12.5. The van der Waals surface area contributed by atoms with E-state index in [9.17, 15) is 28.8 Å². The van der Waals surface area contributed by atoms with Crippen molar-refractivity contribution >= 4 is 35.6 Å². The number of hydrogen-bond acceptors (Lipinski definition) is 7. The van der Waals surface area contributed by atoms with E-state index in [1.807, 2.05) is 5.32 Å². The number of carboxylic acids is 3. The topological polar surface area (TPSA) is 225 Å². The molecular weight excluding hydrogens is 392 g/mol. The zero-order chi connectivity index (χ0) is 22.7. The summed E-state index contributed by atoms with van der Waals surface area (Å²) in [6.45, 7) is 2.84. The van der Waals surface area contributed by atoms with Crippen LogP contribution in [0.3, 0.4) is 0 Å². The van der Waals surface area contributed by atoms with Crippen LogP contribution in [0.4, 0.5) is 0 Å². The third-order valence-corrected chi connectivity index (χ3v) is 3.72. The molecule has 3 amide bonds. The summed E-state index contributed by atoms with van der Waals surface area (Å²) in [5, 5.41) is 33.2. The van der Waals surface area contributed by atoms with E-state index in [0.717, 1.165) is 0 Å². The van der Waals surface area contributed by atoms with Crippen molar-refractivity contribution in [3.05, 3.63) is 0 Å². The quantitative estimate of drug-likeness (QED) is 0.166. The summed E-state index contributed by atoms with van der Waals surface area (Å²) in [5.74, 6) is -7.27. The molecule has 164 valence electrons. The SMILES string of the molecule is CC(C)C(NC(=O)CN)C(=O)NC(CCC(=O)O)C(=O)NC(CC(=O)O)C(=O)O. The smallest absolute Gasteiger partial charge is 0.326 e. The summed E-state index contributed by atoms with van der Waals surface area (Å²) < 4.78 is 0. The predicted octanol–water partition coefficient (Wildman–Crippen LogP) is -2.52. The van der Waals surface area contributed by atoms with Gasteiger partial charge in [0.15, 0.2) is 0 Å². The van der Waals surface area contributed by atoms with Crippen LogP contribution in [0.15, 0.2) is 0 Å². The van der Waals surface area contributed by atoms with Crippen LogP contribution in [0, 0.1) is 5.92 Å². The van der Waals surface area contributed by atoms with Crippen LogP contribution in [0.1, 0.15) is 33.1 Å². The van der Waals surface area contributed by atoms with Crippen molar-refractivity contribution in [1.29, 1.82) is 0 Å². The molecule has 13 nitrogen and oxygen atoms in total. The first kappa shape index (κ1) is 25.8. The largest absolute Gasteiger partial charge is 0.481 e. The van der Waals surface area contributed by atoms with E-state index in [4.69, 9.17) is 21.1 Å². The molecule has 3 unspecified atom stereocenters. The number of amides is 3. The number of hydrogen-bond donors (Lipinski definition) is 7. The van der Waals surface area contributed by atoms with Crippen molar-refractivity contribution in [1.82, 2.24) is 16.0 Å². The second-order valence-corrected chi connectivity index (χ2v) is 6.48. The molecule has 0 aliphatic heterocycles. The summed E-state index contributed by atoms with van der Waals surface area (Å²) in [5.41, 5.74) is 5.20. The maximum Gasteiger partial charge on any atom is 0.326 e. The highest BCUT2D eigenvalue weighted by Gasteiger charge is 2.31. The normalized spacial score (nSPS) is 13.7. The Morgan fingerprint density at radius 2 is 1.38 bits per heavy atom. The van der Waals surface area contributed by atoms with Gasteiger partial charge in [-0.25, -0.2) is 4.79 Å². The Morgan fingerprint density at radius 3 is 1.79 bits per heavy atom. The number of nitrogens with one attached hydrogen (secondary N) is 3. The van der Waals surface area contributed by atoms with Crippen LogP contribution in [0.5, 0.6) is 0 Å². The number of nitrogens with two attached hydrogens (primary N) is 1. The minimum atomic E-state index is -1.78. The van der Waals surface area contributed by atoms with Crippen molar-refractivity contribution in [2.45, 2.75) is 51.2 Å². The maximum absolute atomic E-state index is 12.5. The average molecular weight is 418 g/mol. The van der Waals surface area contributed by atoms with Gasteiger partial charge in [-0.15, -0.1) is 0 Å². The molecule has 8 N–H and O–H groups in total. The Hall–Kier alpha value is -3.22. The van der Waals surface area contributed by atoms with Gasteiger partial charge in [-0.05, 0) is 12.3 Å². The molecular formula is C16H26N4O9. The molecule has 13 heteroatoms. The molecule has 0 heterocycles. The third kappa shape index (κ3) is 10.0. The molecule has 0 aliphatic carbocycles. The molecule has 0 saturated heterocycles. The fourth-order valence-electron chi connectivity index (χ4n) is 2.21. The minimum absolute atomic E-state index is 0.380. The lowest BCUT2D eigenvalue weighted by Gasteiger charge is -2.25. The first-order valence-electron chi connectivity index (χ1n) is 8.65. The van der Waals surface area contributed by atoms with E-state index >= 15 is 0 Å². The zero-order valence-corrected chi connectivity index (χ0v) is 16.0. The third-order valence-electron chi connectivity index (χ3n) is 3.72. The number of carboxylic acid groups (broad SMARTS) is 3. The fourth-order valence-corrected chi connectivity index (χ4v) is 2.21. The summed E-state index contributed by atoms with van der Waals surface area (Å²) >= 11 is 0. The molecule has 29 heavy (non-hydrogen) atoms. The van der Waals surface area contributed by atoms with Gasteiger partial charge in [-0.1, -0.05) is 13.8 Å². The fraction of sp³-hybridized carbons (Fsp3) is 0.625. The summed E-state index contributed by atoms with van der Waals surface area (Å²) in [6, 6.07) is -4.33. The first-order chi connectivity index (χ1) is 13.4. The van der Waals surface area contributed by atoms with Gasteiger partial charge < -0.3 is 37.0 Å².